The molecule has 2 heteroatoms. The number of ether oxygens (including phenoxy) is 2. The second kappa shape index (κ2) is 5.22. The number of rotatable bonds is 2. The smallest absolute Gasteiger partial charge is 0.135 e. The zero-order valence-corrected chi connectivity index (χ0v) is 14.0. The fourth-order valence-electron chi connectivity index (χ4n) is 5.07. The second-order valence-electron chi connectivity index (χ2n) is 7.15. The molecule has 2 aliphatic carbocycles. The molecule has 24 heavy (non-hydrogen) atoms. The molecule has 1 aliphatic heterocycles. The fourth-order valence-corrected chi connectivity index (χ4v) is 5.07. The maximum Gasteiger partial charge on any atom is 0.135 e. The SMILES string of the molecule is COC(=c1cccc2c1=c1ccccc1=C2)C12CCCC1CCO2. The number of benzene rings is 2. The Bertz CT molecular complexity index is 1010. The van der Waals surface area contributed by atoms with E-state index in [0.717, 1.165) is 25.2 Å². The van der Waals surface area contributed by atoms with Gasteiger partial charge in [-0.3, -0.25) is 0 Å². The van der Waals surface area contributed by atoms with Crippen molar-refractivity contribution in [2.45, 2.75) is 31.3 Å². The summed E-state index contributed by atoms with van der Waals surface area (Å²) in [4.78, 5) is 0. The number of hydrogen-bond acceptors (Lipinski definition) is 2. The van der Waals surface area contributed by atoms with Crippen LogP contribution >= 0.6 is 0 Å². The summed E-state index contributed by atoms with van der Waals surface area (Å²) >= 11 is 0. The lowest BCUT2D eigenvalue weighted by atomic mass is 9.87. The first kappa shape index (κ1) is 14.3. The van der Waals surface area contributed by atoms with E-state index in [2.05, 4.69) is 48.5 Å². The van der Waals surface area contributed by atoms with Gasteiger partial charge in [0.1, 0.15) is 11.4 Å². The van der Waals surface area contributed by atoms with Crippen LogP contribution in [0.5, 0.6) is 0 Å². The highest BCUT2D eigenvalue weighted by Crippen LogP contribution is 2.50. The quantitative estimate of drug-likeness (QED) is 0.723. The summed E-state index contributed by atoms with van der Waals surface area (Å²) in [6.45, 7) is 0.856. The van der Waals surface area contributed by atoms with Crippen molar-refractivity contribution in [2.75, 3.05) is 13.7 Å². The van der Waals surface area contributed by atoms with E-state index in [1.165, 1.54) is 39.3 Å². The predicted octanol–water partition coefficient (Wildman–Crippen LogP) is 2.83. The molecule has 0 radical (unpaired) electrons. The molecule has 0 N–H and O–H groups in total. The van der Waals surface area contributed by atoms with Gasteiger partial charge >= 0.3 is 0 Å². The minimum atomic E-state index is -0.207. The van der Waals surface area contributed by atoms with Crippen LogP contribution in [-0.2, 0) is 9.47 Å². The topological polar surface area (TPSA) is 18.5 Å². The van der Waals surface area contributed by atoms with E-state index in [4.69, 9.17) is 9.47 Å². The van der Waals surface area contributed by atoms with Gasteiger partial charge in [0.2, 0.25) is 0 Å². The Morgan fingerprint density at radius 3 is 2.96 bits per heavy atom. The first-order valence-electron chi connectivity index (χ1n) is 8.96. The third kappa shape index (κ3) is 1.81. The van der Waals surface area contributed by atoms with Crippen LogP contribution < -0.4 is 10.4 Å². The molecular weight excluding hydrogens is 296 g/mol. The Morgan fingerprint density at radius 1 is 1.12 bits per heavy atom. The van der Waals surface area contributed by atoms with Crippen LogP contribution in [0.1, 0.15) is 31.2 Å². The van der Waals surface area contributed by atoms with Gasteiger partial charge in [-0.1, -0.05) is 42.5 Å². The van der Waals surface area contributed by atoms with E-state index in [9.17, 15) is 0 Å². The highest BCUT2D eigenvalue weighted by Gasteiger charge is 2.51. The van der Waals surface area contributed by atoms with Gasteiger partial charge in [0.15, 0.2) is 0 Å². The van der Waals surface area contributed by atoms with Crippen LogP contribution in [-0.4, -0.2) is 19.3 Å². The van der Waals surface area contributed by atoms with Crippen LogP contribution in [0.3, 0.4) is 0 Å². The first-order chi connectivity index (χ1) is 11.8. The van der Waals surface area contributed by atoms with Crippen molar-refractivity contribution in [1.82, 2.24) is 0 Å². The minimum absolute atomic E-state index is 0.207. The molecule has 0 aromatic heterocycles. The van der Waals surface area contributed by atoms with E-state index in [1.54, 1.807) is 0 Å². The highest BCUT2D eigenvalue weighted by atomic mass is 16.5. The Kier molecular flexibility index (Phi) is 3.11. The summed E-state index contributed by atoms with van der Waals surface area (Å²) < 4.78 is 12.4. The number of hydrogen-bond donors (Lipinski definition) is 0. The largest absolute Gasteiger partial charge is 0.497 e. The highest BCUT2D eigenvalue weighted by molar-refractivity contribution is 5.59. The summed E-state index contributed by atoms with van der Waals surface area (Å²) in [7, 11) is 1.81. The van der Waals surface area contributed by atoms with Crippen LogP contribution in [0.4, 0.5) is 0 Å². The summed E-state index contributed by atoms with van der Waals surface area (Å²) in [6.07, 6.45) is 7.00. The summed E-state index contributed by atoms with van der Waals surface area (Å²) in [6, 6.07) is 15.2. The van der Waals surface area contributed by atoms with Gasteiger partial charge in [-0.15, -0.1) is 0 Å². The lowest BCUT2D eigenvalue weighted by molar-refractivity contribution is 0.0158. The fraction of sp³-hybridized carbons (Fsp3) is 0.364. The average Bonchev–Trinajstić information content (AvgIpc) is 3.27. The average molecular weight is 318 g/mol. The molecule has 1 heterocycles. The maximum atomic E-state index is 6.35. The van der Waals surface area contributed by atoms with Gasteiger partial charge in [0.05, 0.1) is 7.11 Å². The van der Waals surface area contributed by atoms with Crippen LogP contribution in [0.2, 0.25) is 0 Å². The van der Waals surface area contributed by atoms with Crippen molar-refractivity contribution in [3.63, 3.8) is 0 Å². The molecule has 3 aliphatic rings. The molecule has 2 aromatic carbocycles. The van der Waals surface area contributed by atoms with E-state index < -0.39 is 0 Å². The van der Waals surface area contributed by atoms with Crippen molar-refractivity contribution in [2.24, 2.45) is 5.92 Å². The number of methoxy groups -OCH3 is 1. The molecule has 122 valence electrons. The van der Waals surface area contributed by atoms with Gasteiger partial charge in [-0.05, 0) is 53.7 Å². The standard InChI is InChI=1S/C22H22O2/c1-23-21(22-12-5-8-17(22)11-13-24-22)19-10-4-7-16-14-15-6-2-3-9-18(15)20(16)19/h2-4,6-7,9-10,14,17H,5,8,11-13H2,1H3. The Labute approximate surface area is 141 Å². The molecule has 1 saturated heterocycles. The lowest BCUT2D eigenvalue weighted by Crippen LogP contribution is -2.37. The molecule has 5 rings (SSSR count). The molecule has 2 atom stereocenters. The Hall–Kier alpha value is -2.06. The van der Waals surface area contributed by atoms with Crippen LogP contribution in [0.25, 0.3) is 11.8 Å². The molecule has 2 unspecified atom stereocenters. The van der Waals surface area contributed by atoms with Gasteiger partial charge in [0.25, 0.3) is 0 Å². The molecule has 2 fully saturated rings. The third-order valence-electron chi connectivity index (χ3n) is 6.06. The first-order valence-corrected chi connectivity index (χ1v) is 8.96. The van der Waals surface area contributed by atoms with Gasteiger partial charge in [-0.25, -0.2) is 0 Å². The monoisotopic (exact) mass is 318 g/mol. The van der Waals surface area contributed by atoms with Crippen molar-refractivity contribution in [1.29, 1.82) is 0 Å². The maximum absolute atomic E-state index is 6.35. The van der Waals surface area contributed by atoms with E-state index in [0.29, 0.717) is 5.92 Å². The zero-order valence-electron chi connectivity index (χ0n) is 14.0. The lowest BCUT2D eigenvalue weighted by Gasteiger charge is -2.30. The molecule has 1 saturated carbocycles. The number of fused-ring (bicyclic) bond motifs is 3. The Balaban J connectivity index is 1.93. The second-order valence-corrected chi connectivity index (χ2v) is 7.15. The van der Waals surface area contributed by atoms with Crippen molar-refractivity contribution < 1.29 is 9.47 Å². The molecule has 2 aromatic rings. The minimum Gasteiger partial charge on any atom is -0.497 e. The van der Waals surface area contributed by atoms with Crippen LogP contribution in [0, 0.1) is 16.4 Å². The predicted molar refractivity (Wildman–Crippen MR) is 94.4 cm³/mol. The zero-order chi connectivity index (χ0) is 16.1. The van der Waals surface area contributed by atoms with Crippen LogP contribution in [0.15, 0.2) is 42.5 Å². The summed E-state index contributed by atoms with van der Waals surface area (Å²) in [5, 5.41) is 5.12. The van der Waals surface area contributed by atoms with Gasteiger partial charge < -0.3 is 9.47 Å². The molecule has 0 bridgehead atoms. The Morgan fingerprint density at radius 2 is 2.04 bits per heavy atom. The third-order valence-corrected chi connectivity index (χ3v) is 6.06. The van der Waals surface area contributed by atoms with Crippen molar-refractivity contribution in [3.05, 3.63) is 68.9 Å². The summed E-state index contributed by atoms with van der Waals surface area (Å²) in [5.74, 6) is 1.65. The normalized spacial score (nSPS) is 28.0. The molecule has 0 amide bonds. The van der Waals surface area contributed by atoms with Crippen molar-refractivity contribution in [3.8, 4) is 0 Å². The molecule has 0 spiro atoms. The van der Waals surface area contributed by atoms with E-state index in [-0.39, 0.29) is 5.60 Å². The van der Waals surface area contributed by atoms with E-state index in [1.807, 2.05) is 7.11 Å². The molecular formula is C22H22O2. The van der Waals surface area contributed by atoms with Crippen molar-refractivity contribution >= 4 is 11.8 Å². The molecule has 2 nitrogen and oxygen atoms in total. The van der Waals surface area contributed by atoms with E-state index >= 15 is 0 Å². The summed E-state index contributed by atoms with van der Waals surface area (Å²) in [5.41, 5.74) is 1.08. The van der Waals surface area contributed by atoms with Gasteiger partial charge in [-0.2, -0.15) is 0 Å². The van der Waals surface area contributed by atoms with Gasteiger partial charge in [0, 0.05) is 17.0 Å².